The van der Waals surface area contributed by atoms with Crippen molar-refractivity contribution in [3.8, 4) is 0 Å². The van der Waals surface area contributed by atoms with Crippen molar-refractivity contribution in [3.63, 3.8) is 0 Å². The average Bonchev–Trinajstić information content (AvgIpc) is 2.96. The monoisotopic (exact) mass is 385 g/mol. The zero-order valence-electron chi connectivity index (χ0n) is 13.4. The summed E-state index contributed by atoms with van der Waals surface area (Å²) in [6.07, 6.45) is 4.47. The van der Waals surface area contributed by atoms with Crippen molar-refractivity contribution < 1.29 is 26.5 Å². The predicted molar refractivity (Wildman–Crippen MR) is 91.0 cm³/mol. The summed E-state index contributed by atoms with van der Waals surface area (Å²) < 4.78 is 52.8. The average molecular weight is 385 g/mol. The molecule has 0 saturated carbocycles. The Hall–Kier alpha value is -2.53. The Kier molecular flexibility index (Phi) is 5.09. The van der Waals surface area contributed by atoms with E-state index in [0.717, 1.165) is 18.5 Å². The SMILES string of the molecule is C=C/C=C(\C(=NO)c1nc2cc(S(C)(=O)=O)cnc2o1)S(=O)(=O)CC. The van der Waals surface area contributed by atoms with Crippen LogP contribution in [-0.2, 0) is 19.7 Å². The number of allylic oxidation sites excluding steroid dienone is 3. The van der Waals surface area contributed by atoms with Gasteiger partial charge >= 0.3 is 0 Å². The first-order valence-electron chi connectivity index (χ1n) is 6.89. The van der Waals surface area contributed by atoms with Gasteiger partial charge in [0.1, 0.15) is 10.4 Å². The number of nitrogens with zero attached hydrogens (tertiary/aromatic N) is 3. The number of sulfone groups is 2. The van der Waals surface area contributed by atoms with Gasteiger partial charge in [-0.25, -0.2) is 26.8 Å². The number of rotatable bonds is 6. The highest BCUT2D eigenvalue weighted by Crippen LogP contribution is 2.22. The Labute approximate surface area is 144 Å². The van der Waals surface area contributed by atoms with Gasteiger partial charge in [-0.1, -0.05) is 24.7 Å². The highest BCUT2D eigenvalue weighted by atomic mass is 32.2. The Bertz CT molecular complexity index is 1090. The van der Waals surface area contributed by atoms with Gasteiger partial charge < -0.3 is 9.62 Å². The summed E-state index contributed by atoms with van der Waals surface area (Å²) in [5, 5.41) is 12.3. The quantitative estimate of drug-likeness (QED) is 0.340. The van der Waals surface area contributed by atoms with Gasteiger partial charge in [-0.2, -0.15) is 0 Å². The highest BCUT2D eigenvalue weighted by Gasteiger charge is 2.27. The molecule has 25 heavy (non-hydrogen) atoms. The highest BCUT2D eigenvalue weighted by molar-refractivity contribution is 7.96. The fourth-order valence-electron chi connectivity index (χ4n) is 1.90. The van der Waals surface area contributed by atoms with Crippen LogP contribution in [0.1, 0.15) is 12.8 Å². The lowest BCUT2D eigenvalue weighted by atomic mass is 10.3. The van der Waals surface area contributed by atoms with Crippen molar-refractivity contribution in [1.29, 1.82) is 0 Å². The largest absolute Gasteiger partial charge is 0.416 e. The summed E-state index contributed by atoms with van der Waals surface area (Å²) in [7, 11) is -7.28. The van der Waals surface area contributed by atoms with E-state index in [0.29, 0.717) is 0 Å². The molecule has 0 amide bonds. The first-order valence-corrected chi connectivity index (χ1v) is 10.4. The second kappa shape index (κ2) is 6.76. The fourth-order valence-corrected chi connectivity index (χ4v) is 3.51. The number of fused-ring (bicyclic) bond motifs is 1. The van der Waals surface area contributed by atoms with Gasteiger partial charge in [0.25, 0.3) is 5.89 Å². The van der Waals surface area contributed by atoms with Gasteiger partial charge in [0.2, 0.25) is 5.71 Å². The maximum absolute atomic E-state index is 12.2. The molecule has 0 fully saturated rings. The van der Waals surface area contributed by atoms with E-state index < -0.39 is 25.4 Å². The summed E-state index contributed by atoms with van der Waals surface area (Å²) in [4.78, 5) is 7.41. The number of hydrogen-bond donors (Lipinski definition) is 1. The first-order chi connectivity index (χ1) is 11.6. The van der Waals surface area contributed by atoms with E-state index in [2.05, 4.69) is 21.7 Å². The van der Waals surface area contributed by atoms with Crippen LogP contribution >= 0.6 is 0 Å². The second-order valence-electron chi connectivity index (χ2n) is 4.91. The minimum Gasteiger partial charge on any atom is -0.416 e. The lowest BCUT2D eigenvalue weighted by molar-refractivity contribution is 0.318. The molecular weight excluding hydrogens is 370 g/mol. The molecule has 0 unspecified atom stereocenters. The van der Waals surface area contributed by atoms with Crippen molar-refractivity contribution in [3.05, 3.63) is 41.8 Å². The molecule has 0 saturated heterocycles. The van der Waals surface area contributed by atoms with Crippen LogP contribution in [-0.4, -0.2) is 49.7 Å². The smallest absolute Gasteiger partial charge is 0.252 e. The molecule has 134 valence electrons. The lowest BCUT2D eigenvalue weighted by Gasteiger charge is -2.05. The molecule has 11 heteroatoms. The van der Waals surface area contributed by atoms with Crippen molar-refractivity contribution in [2.75, 3.05) is 12.0 Å². The second-order valence-corrected chi connectivity index (χ2v) is 9.17. The first kappa shape index (κ1) is 18.8. The summed E-state index contributed by atoms with van der Waals surface area (Å²) in [6.45, 7) is 4.86. The lowest BCUT2D eigenvalue weighted by Crippen LogP contribution is -2.17. The number of pyridine rings is 1. The topological polar surface area (TPSA) is 140 Å². The Balaban J connectivity index is 2.66. The normalized spacial score (nSPS) is 14.0. The zero-order valence-corrected chi connectivity index (χ0v) is 15.0. The molecule has 2 aromatic rings. The summed E-state index contributed by atoms with van der Waals surface area (Å²) >= 11 is 0. The van der Waals surface area contributed by atoms with Crippen LogP contribution < -0.4 is 0 Å². The molecule has 0 bridgehead atoms. The van der Waals surface area contributed by atoms with Gasteiger partial charge in [-0.05, 0) is 12.1 Å². The third kappa shape index (κ3) is 3.77. The molecule has 0 aliphatic heterocycles. The van der Waals surface area contributed by atoms with E-state index in [1.807, 2.05) is 0 Å². The Morgan fingerprint density at radius 3 is 2.60 bits per heavy atom. The number of oxazole rings is 1. The summed E-state index contributed by atoms with van der Waals surface area (Å²) in [5.41, 5.74) is -0.387. The van der Waals surface area contributed by atoms with Crippen molar-refractivity contribution in [2.24, 2.45) is 5.16 Å². The van der Waals surface area contributed by atoms with E-state index in [9.17, 15) is 22.0 Å². The zero-order chi connectivity index (χ0) is 18.8. The van der Waals surface area contributed by atoms with Crippen LogP contribution in [0, 0.1) is 0 Å². The number of hydrogen-bond acceptors (Lipinski definition) is 9. The molecule has 0 atom stereocenters. The van der Waals surface area contributed by atoms with E-state index in [-0.39, 0.29) is 32.7 Å². The van der Waals surface area contributed by atoms with Crippen LogP contribution in [0.3, 0.4) is 0 Å². The van der Waals surface area contributed by atoms with Crippen molar-refractivity contribution in [1.82, 2.24) is 9.97 Å². The van der Waals surface area contributed by atoms with Gasteiger partial charge in [-0.3, -0.25) is 0 Å². The number of aromatic nitrogens is 2. The van der Waals surface area contributed by atoms with E-state index in [4.69, 9.17) is 4.42 Å². The summed E-state index contributed by atoms with van der Waals surface area (Å²) in [6, 6.07) is 1.23. The molecule has 0 radical (unpaired) electrons. The molecule has 1 N–H and O–H groups in total. The summed E-state index contributed by atoms with van der Waals surface area (Å²) in [5.74, 6) is -0.566. The molecule has 0 aliphatic rings. The van der Waals surface area contributed by atoms with E-state index >= 15 is 0 Å². The minimum absolute atomic E-state index is 0.0320. The Morgan fingerprint density at radius 1 is 1.40 bits per heavy atom. The molecule has 2 aromatic heterocycles. The van der Waals surface area contributed by atoms with Gasteiger partial charge in [0, 0.05) is 12.5 Å². The molecular formula is C14H15N3O6S2. The van der Waals surface area contributed by atoms with Gasteiger partial charge in [0.15, 0.2) is 25.4 Å². The van der Waals surface area contributed by atoms with Crippen LogP contribution in [0.2, 0.25) is 0 Å². The van der Waals surface area contributed by atoms with Crippen LogP contribution in [0.25, 0.3) is 11.2 Å². The number of oxime groups is 1. The standard InChI is InChI=1S/C14H15N3O6S2/c1-4-6-11(25(21,22)5-2)12(17-18)14-16-10-7-9(24(3,19)20)8-15-13(10)23-14/h4,6-8,18H,1,5H2,2-3H3/b11-6+,17-12?. The minimum atomic E-state index is -3.77. The van der Waals surface area contributed by atoms with Crippen LogP contribution in [0.15, 0.2) is 50.4 Å². The van der Waals surface area contributed by atoms with Crippen molar-refractivity contribution in [2.45, 2.75) is 11.8 Å². The molecule has 2 rings (SSSR count). The third-order valence-corrected chi connectivity index (χ3v) is 6.01. The maximum Gasteiger partial charge on any atom is 0.252 e. The fraction of sp³-hybridized carbons (Fsp3) is 0.214. The predicted octanol–water partition coefficient (Wildman–Crippen LogP) is 1.31. The van der Waals surface area contributed by atoms with E-state index in [1.54, 1.807) is 0 Å². The van der Waals surface area contributed by atoms with Crippen molar-refractivity contribution >= 4 is 36.6 Å². The Morgan fingerprint density at radius 2 is 2.08 bits per heavy atom. The molecule has 0 spiro atoms. The van der Waals surface area contributed by atoms with Gasteiger partial charge in [-0.15, -0.1) is 0 Å². The van der Waals surface area contributed by atoms with Crippen LogP contribution in [0.4, 0.5) is 0 Å². The maximum atomic E-state index is 12.2. The molecule has 0 aromatic carbocycles. The van der Waals surface area contributed by atoms with Gasteiger partial charge in [0.05, 0.1) is 10.6 Å². The molecule has 0 aliphatic carbocycles. The third-order valence-electron chi connectivity index (χ3n) is 3.17. The van der Waals surface area contributed by atoms with Crippen LogP contribution in [0.5, 0.6) is 0 Å². The van der Waals surface area contributed by atoms with E-state index in [1.165, 1.54) is 19.1 Å². The molecule has 9 nitrogen and oxygen atoms in total. The molecule has 2 heterocycles.